The third kappa shape index (κ3) is 1.72. The molecule has 2 rings (SSSR count). The molecule has 2 heterocycles. The van der Waals surface area contributed by atoms with Gasteiger partial charge in [-0.25, -0.2) is 14.6 Å². The summed E-state index contributed by atoms with van der Waals surface area (Å²) in [5.41, 5.74) is 6.39. The molecule has 0 fully saturated rings. The van der Waals surface area contributed by atoms with Crippen molar-refractivity contribution in [3.05, 3.63) is 6.33 Å². The predicted molar refractivity (Wildman–Crippen MR) is 50.6 cm³/mol. The lowest BCUT2D eigenvalue weighted by molar-refractivity contribution is 0.0787. The van der Waals surface area contributed by atoms with Crippen LogP contribution in [0.1, 0.15) is 0 Å². The van der Waals surface area contributed by atoms with Gasteiger partial charge in [-0.1, -0.05) is 5.21 Å². The van der Waals surface area contributed by atoms with E-state index in [1.807, 2.05) is 0 Å². The van der Waals surface area contributed by atoms with Crippen molar-refractivity contribution < 1.29 is 10.2 Å². The van der Waals surface area contributed by atoms with Gasteiger partial charge in [-0.05, 0) is 0 Å². The average Bonchev–Trinajstić information content (AvgIpc) is 2.63. The van der Waals surface area contributed by atoms with Crippen LogP contribution in [-0.4, -0.2) is 47.9 Å². The predicted octanol–water partition coefficient (Wildman–Crippen LogP) is -1.84. The standard InChI is InChI=1S/C7H10N6O2/c8-6-5-7(10-3-9-6)13(12-11-5)1-4(15)2-14/h3-4,14-15H,1-2H2,(H2,8,9,10). The Kier molecular flexibility index (Phi) is 2.44. The van der Waals surface area contributed by atoms with Crippen LogP contribution in [-0.2, 0) is 6.54 Å². The molecule has 0 amide bonds. The number of rotatable bonds is 3. The zero-order valence-corrected chi connectivity index (χ0v) is 7.78. The molecule has 0 aliphatic rings. The van der Waals surface area contributed by atoms with Crippen LogP contribution in [0.15, 0.2) is 6.33 Å². The molecule has 1 unspecified atom stereocenters. The number of hydrogen-bond donors (Lipinski definition) is 3. The first-order chi connectivity index (χ1) is 7.22. The Balaban J connectivity index is 2.41. The Labute approximate surface area is 84.4 Å². The highest BCUT2D eigenvalue weighted by molar-refractivity contribution is 5.80. The highest BCUT2D eigenvalue weighted by atomic mass is 16.3. The van der Waals surface area contributed by atoms with Crippen molar-refractivity contribution in [2.75, 3.05) is 12.3 Å². The van der Waals surface area contributed by atoms with E-state index in [9.17, 15) is 5.11 Å². The van der Waals surface area contributed by atoms with Gasteiger partial charge in [0, 0.05) is 0 Å². The summed E-state index contributed by atoms with van der Waals surface area (Å²) in [7, 11) is 0. The van der Waals surface area contributed by atoms with Crippen molar-refractivity contribution >= 4 is 17.0 Å². The second kappa shape index (κ2) is 3.75. The average molecular weight is 210 g/mol. The Morgan fingerprint density at radius 2 is 2.27 bits per heavy atom. The molecule has 0 saturated heterocycles. The van der Waals surface area contributed by atoms with Gasteiger partial charge in [0.2, 0.25) is 0 Å². The maximum absolute atomic E-state index is 9.25. The lowest BCUT2D eigenvalue weighted by atomic mass is 10.4. The summed E-state index contributed by atoms with van der Waals surface area (Å²) in [6.45, 7) is -0.231. The van der Waals surface area contributed by atoms with Crippen molar-refractivity contribution in [1.82, 2.24) is 25.0 Å². The number of nitrogens with zero attached hydrogens (tertiary/aromatic N) is 5. The maximum atomic E-state index is 9.25. The quantitative estimate of drug-likeness (QED) is 0.543. The fourth-order valence-electron chi connectivity index (χ4n) is 1.19. The molecule has 8 nitrogen and oxygen atoms in total. The van der Waals surface area contributed by atoms with Crippen molar-refractivity contribution in [2.24, 2.45) is 0 Å². The zero-order chi connectivity index (χ0) is 10.8. The Morgan fingerprint density at radius 3 is 3.00 bits per heavy atom. The Hall–Kier alpha value is -1.80. The van der Waals surface area contributed by atoms with E-state index < -0.39 is 6.10 Å². The fourth-order valence-corrected chi connectivity index (χ4v) is 1.19. The van der Waals surface area contributed by atoms with Crippen LogP contribution < -0.4 is 5.73 Å². The monoisotopic (exact) mass is 210 g/mol. The van der Waals surface area contributed by atoms with Crippen LogP contribution in [0.4, 0.5) is 5.82 Å². The molecule has 0 aromatic carbocycles. The van der Waals surface area contributed by atoms with E-state index in [-0.39, 0.29) is 19.0 Å². The van der Waals surface area contributed by atoms with E-state index >= 15 is 0 Å². The molecule has 15 heavy (non-hydrogen) atoms. The number of aliphatic hydroxyl groups excluding tert-OH is 2. The highest BCUT2D eigenvalue weighted by Gasteiger charge is 2.12. The van der Waals surface area contributed by atoms with Crippen LogP contribution in [0.3, 0.4) is 0 Å². The molecule has 80 valence electrons. The molecular formula is C7H10N6O2. The molecular weight excluding hydrogens is 200 g/mol. The summed E-state index contributed by atoms with van der Waals surface area (Å²) in [6, 6.07) is 0. The summed E-state index contributed by atoms with van der Waals surface area (Å²) < 4.78 is 1.37. The lowest BCUT2D eigenvalue weighted by Crippen LogP contribution is -2.20. The topological polar surface area (TPSA) is 123 Å². The van der Waals surface area contributed by atoms with E-state index in [4.69, 9.17) is 10.8 Å². The molecule has 0 aliphatic carbocycles. The number of aromatic nitrogens is 5. The van der Waals surface area contributed by atoms with Crippen LogP contribution in [0, 0.1) is 0 Å². The van der Waals surface area contributed by atoms with Crippen molar-refractivity contribution in [2.45, 2.75) is 12.6 Å². The van der Waals surface area contributed by atoms with Crippen LogP contribution in [0.5, 0.6) is 0 Å². The minimum atomic E-state index is -0.897. The van der Waals surface area contributed by atoms with Crippen LogP contribution in [0.2, 0.25) is 0 Å². The largest absolute Gasteiger partial charge is 0.394 e. The van der Waals surface area contributed by atoms with Crippen molar-refractivity contribution in [3.8, 4) is 0 Å². The lowest BCUT2D eigenvalue weighted by Gasteiger charge is -2.05. The first kappa shape index (κ1) is 9.74. The van der Waals surface area contributed by atoms with E-state index in [0.29, 0.717) is 11.2 Å². The van der Waals surface area contributed by atoms with Gasteiger partial charge in [-0.2, -0.15) is 0 Å². The van der Waals surface area contributed by atoms with Gasteiger partial charge in [0.15, 0.2) is 17.0 Å². The highest BCUT2D eigenvalue weighted by Crippen LogP contribution is 2.12. The van der Waals surface area contributed by atoms with Crippen LogP contribution >= 0.6 is 0 Å². The van der Waals surface area contributed by atoms with Gasteiger partial charge in [-0.3, -0.25) is 0 Å². The van der Waals surface area contributed by atoms with Crippen molar-refractivity contribution in [1.29, 1.82) is 0 Å². The zero-order valence-electron chi connectivity index (χ0n) is 7.78. The molecule has 0 radical (unpaired) electrons. The van der Waals surface area contributed by atoms with E-state index in [2.05, 4.69) is 20.3 Å². The first-order valence-corrected chi connectivity index (χ1v) is 4.31. The number of anilines is 1. The molecule has 0 saturated carbocycles. The molecule has 0 spiro atoms. The minimum absolute atomic E-state index is 0.115. The number of aliphatic hydroxyl groups is 2. The normalized spacial score (nSPS) is 13.2. The summed E-state index contributed by atoms with van der Waals surface area (Å²) in [6.07, 6.45) is 0.397. The Bertz CT molecular complexity index is 469. The van der Waals surface area contributed by atoms with E-state index in [0.717, 1.165) is 0 Å². The van der Waals surface area contributed by atoms with Gasteiger partial charge in [0.25, 0.3) is 0 Å². The van der Waals surface area contributed by atoms with Gasteiger partial charge >= 0.3 is 0 Å². The van der Waals surface area contributed by atoms with Gasteiger partial charge in [0.05, 0.1) is 19.3 Å². The number of nitrogen functional groups attached to an aromatic ring is 1. The Morgan fingerprint density at radius 1 is 1.47 bits per heavy atom. The number of fused-ring (bicyclic) bond motifs is 1. The molecule has 0 bridgehead atoms. The second-order valence-electron chi connectivity index (χ2n) is 3.04. The van der Waals surface area contributed by atoms with Gasteiger partial charge in [0.1, 0.15) is 6.33 Å². The molecule has 2 aromatic rings. The molecule has 0 aliphatic heterocycles. The third-order valence-electron chi connectivity index (χ3n) is 1.92. The number of nitrogens with two attached hydrogens (primary N) is 1. The second-order valence-corrected chi connectivity index (χ2v) is 3.04. The smallest absolute Gasteiger partial charge is 0.183 e. The maximum Gasteiger partial charge on any atom is 0.183 e. The summed E-state index contributed by atoms with van der Waals surface area (Å²) in [5.74, 6) is 0.240. The van der Waals surface area contributed by atoms with Gasteiger partial charge < -0.3 is 15.9 Å². The van der Waals surface area contributed by atoms with E-state index in [1.54, 1.807) is 0 Å². The third-order valence-corrected chi connectivity index (χ3v) is 1.92. The van der Waals surface area contributed by atoms with Crippen LogP contribution in [0.25, 0.3) is 11.2 Å². The molecule has 4 N–H and O–H groups in total. The minimum Gasteiger partial charge on any atom is -0.394 e. The van der Waals surface area contributed by atoms with E-state index in [1.165, 1.54) is 11.0 Å². The summed E-state index contributed by atoms with van der Waals surface area (Å²) >= 11 is 0. The van der Waals surface area contributed by atoms with Gasteiger partial charge in [-0.15, -0.1) is 5.10 Å². The fraction of sp³-hybridized carbons (Fsp3) is 0.429. The van der Waals surface area contributed by atoms with Crippen molar-refractivity contribution in [3.63, 3.8) is 0 Å². The first-order valence-electron chi connectivity index (χ1n) is 4.31. The molecule has 1 atom stereocenters. The number of hydrogen-bond acceptors (Lipinski definition) is 7. The summed E-state index contributed by atoms with van der Waals surface area (Å²) in [5, 5.41) is 25.5. The summed E-state index contributed by atoms with van der Waals surface area (Å²) in [4.78, 5) is 7.70. The molecule has 8 heteroatoms. The SMILES string of the molecule is Nc1ncnc2c1nnn2CC(O)CO. The molecule has 2 aromatic heterocycles.